The van der Waals surface area contributed by atoms with Crippen LogP contribution in [0.25, 0.3) is 11.4 Å². The van der Waals surface area contributed by atoms with Crippen molar-refractivity contribution in [1.82, 2.24) is 14.8 Å². The Kier molecular flexibility index (Phi) is 7.09. The van der Waals surface area contributed by atoms with E-state index in [0.29, 0.717) is 22.5 Å². The largest absolute Gasteiger partial charge is 0.324 e. The fourth-order valence-corrected chi connectivity index (χ4v) is 3.67. The summed E-state index contributed by atoms with van der Waals surface area (Å²) < 4.78 is 1.82. The summed E-state index contributed by atoms with van der Waals surface area (Å²) in [7, 11) is 0. The zero-order valence-corrected chi connectivity index (χ0v) is 17.7. The van der Waals surface area contributed by atoms with Crippen LogP contribution >= 0.6 is 35.0 Å². The number of non-ortho nitro benzene ring substituents is 1. The van der Waals surface area contributed by atoms with Crippen LogP contribution in [0, 0.1) is 10.1 Å². The second-order valence-electron chi connectivity index (χ2n) is 5.97. The topological polar surface area (TPSA) is 103 Å². The third kappa shape index (κ3) is 5.18. The first-order chi connectivity index (χ1) is 14.4. The predicted molar refractivity (Wildman–Crippen MR) is 118 cm³/mol. The van der Waals surface area contributed by atoms with E-state index in [-0.39, 0.29) is 28.1 Å². The Labute approximate surface area is 186 Å². The average Bonchev–Trinajstić information content (AvgIpc) is 3.11. The zero-order chi connectivity index (χ0) is 21.7. The van der Waals surface area contributed by atoms with Crippen LogP contribution in [0.4, 0.5) is 11.4 Å². The van der Waals surface area contributed by atoms with Gasteiger partial charge in [0.15, 0.2) is 11.0 Å². The van der Waals surface area contributed by atoms with Crippen molar-refractivity contribution < 1.29 is 9.72 Å². The van der Waals surface area contributed by atoms with Crippen LogP contribution in [0.15, 0.2) is 60.3 Å². The molecule has 2 aromatic carbocycles. The first kappa shape index (κ1) is 21.8. The highest BCUT2D eigenvalue weighted by atomic mass is 35.5. The molecule has 0 aliphatic rings. The van der Waals surface area contributed by atoms with Gasteiger partial charge in [0.1, 0.15) is 0 Å². The number of carbonyl (C=O) groups is 1. The first-order valence-electron chi connectivity index (χ1n) is 8.55. The molecular weight excluding hydrogens is 449 g/mol. The van der Waals surface area contributed by atoms with E-state index in [1.165, 1.54) is 30.0 Å². The minimum atomic E-state index is -0.560. The van der Waals surface area contributed by atoms with Crippen molar-refractivity contribution in [3.8, 4) is 11.4 Å². The lowest BCUT2D eigenvalue weighted by Gasteiger charge is -2.09. The molecule has 1 heterocycles. The Morgan fingerprint density at radius 2 is 2.07 bits per heavy atom. The number of nitrogens with zero attached hydrogens (tertiary/aromatic N) is 4. The highest BCUT2D eigenvalue weighted by Crippen LogP contribution is 2.28. The number of allylic oxidation sites excluding steroid dienone is 1. The molecule has 1 amide bonds. The van der Waals surface area contributed by atoms with E-state index in [1.54, 1.807) is 18.2 Å². The van der Waals surface area contributed by atoms with Gasteiger partial charge in [-0.2, -0.15) is 0 Å². The predicted octanol–water partition coefficient (Wildman–Crippen LogP) is 5.08. The molecule has 8 nitrogen and oxygen atoms in total. The van der Waals surface area contributed by atoms with Crippen molar-refractivity contribution in [3.63, 3.8) is 0 Å². The molecule has 0 fully saturated rings. The lowest BCUT2D eigenvalue weighted by Crippen LogP contribution is -2.15. The maximum atomic E-state index is 12.4. The summed E-state index contributed by atoms with van der Waals surface area (Å²) >= 11 is 13.3. The summed E-state index contributed by atoms with van der Waals surface area (Å²) in [6, 6.07) is 11.0. The van der Waals surface area contributed by atoms with Gasteiger partial charge in [-0.15, -0.1) is 16.8 Å². The standard InChI is InChI=1S/C19H15Cl2N5O3S/c1-2-8-25-18(12-4-3-5-13(20)9-12)23-24-19(25)30-11-17(27)22-16-10-14(26(28)29)6-7-15(16)21/h2-7,9-10H,1,8,11H2,(H,22,27). The zero-order valence-electron chi connectivity index (χ0n) is 15.4. The fourth-order valence-electron chi connectivity index (χ4n) is 2.57. The number of carbonyl (C=O) groups excluding carboxylic acids is 1. The van der Waals surface area contributed by atoms with Gasteiger partial charge >= 0.3 is 0 Å². The van der Waals surface area contributed by atoms with Gasteiger partial charge in [0.05, 0.1) is 21.4 Å². The molecule has 0 saturated carbocycles. The van der Waals surface area contributed by atoms with Crippen LogP contribution in [0.2, 0.25) is 10.0 Å². The number of nitro benzene ring substituents is 1. The lowest BCUT2D eigenvalue weighted by molar-refractivity contribution is -0.384. The summed E-state index contributed by atoms with van der Waals surface area (Å²) in [5.74, 6) is 0.214. The second-order valence-corrected chi connectivity index (χ2v) is 7.76. The van der Waals surface area contributed by atoms with E-state index in [2.05, 4.69) is 22.1 Å². The number of amides is 1. The normalized spacial score (nSPS) is 10.6. The number of benzene rings is 2. The maximum absolute atomic E-state index is 12.4. The van der Waals surface area contributed by atoms with E-state index in [4.69, 9.17) is 23.2 Å². The minimum Gasteiger partial charge on any atom is -0.324 e. The molecule has 1 N–H and O–H groups in total. The summed E-state index contributed by atoms with van der Waals surface area (Å²) in [5.41, 5.74) is 0.791. The molecule has 0 radical (unpaired) electrons. The van der Waals surface area contributed by atoms with E-state index >= 15 is 0 Å². The molecule has 154 valence electrons. The average molecular weight is 464 g/mol. The SMILES string of the molecule is C=CCn1c(SCC(=O)Nc2cc([N+](=O)[O-])ccc2Cl)nnc1-c1cccc(Cl)c1. The lowest BCUT2D eigenvalue weighted by atomic mass is 10.2. The van der Waals surface area contributed by atoms with Crippen LogP contribution in [-0.2, 0) is 11.3 Å². The molecule has 0 spiro atoms. The minimum absolute atomic E-state index is 0.00381. The van der Waals surface area contributed by atoms with Gasteiger partial charge in [-0.1, -0.05) is 53.2 Å². The molecule has 0 atom stereocenters. The van der Waals surface area contributed by atoms with E-state index in [9.17, 15) is 14.9 Å². The van der Waals surface area contributed by atoms with Crippen molar-refractivity contribution >= 4 is 52.2 Å². The van der Waals surface area contributed by atoms with Gasteiger partial charge in [-0.05, 0) is 18.2 Å². The number of thioether (sulfide) groups is 1. The highest BCUT2D eigenvalue weighted by Gasteiger charge is 2.17. The molecule has 1 aromatic heterocycles. The number of nitro groups is 1. The second kappa shape index (κ2) is 9.75. The number of rotatable bonds is 8. The van der Waals surface area contributed by atoms with Gasteiger partial charge in [-0.25, -0.2) is 0 Å². The number of hydrogen-bond donors (Lipinski definition) is 1. The van der Waals surface area contributed by atoms with Crippen LogP contribution in [-0.4, -0.2) is 31.3 Å². The molecule has 0 aliphatic heterocycles. The first-order valence-corrected chi connectivity index (χ1v) is 10.3. The van der Waals surface area contributed by atoms with Crippen LogP contribution in [0.3, 0.4) is 0 Å². The Morgan fingerprint density at radius 3 is 2.77 bits per heavy atom. The van der Waals surface area contributed by atoms with Crippen molar-refractivity contribution in [2.24, 2.45) is 0 Å². The van der Waals surface area contributed by atoms with Crippen LogP contribution in [0.1, 0.15) is 0 Å². The molecule has 30 heavy (non-hydrogen) atoms. The van der Waals surface area contributed by atoms with E-state index in [1.807, 2.05) is 16.7 Å². The van der Waals surface area contributed by atoms with Crippen LogP contribution in [0.5, 0.6) is 0 Å². The molecular formula is C19H15Cl2N5O3S. The third-order valence-electron chi connectivity index (χ3n) is 3.88. The number of anilines is 1. The number of nitrogens with one attached hydrogen (secondary N) is 1. The van der Waals surface area contributed by atoms with Gasteiger partial charge in [0, 0.05) is 29.3 Å². The summed E-state index contributed by atoms with van der Waals surface area (Å²) in [6.07, 6.45) is 1.70. The quantitative estimate of drug-likeness (QED) is 0.216. The number of aromatic nitrogens is 3. The van der Waals surface area contributed by atoms with Crippen molar-refractivity contribution in [2.45, 2.75) is 11.7 Å². The van der Waals surface area contributed by atoms with E-state index in [0.717, 1.165) is 5.56 Å². The Hall–Kier alpha value is -2.88. The smallest absolute Gasteiger partial charge is 0.271 e. The summed E-state index contributed by atoms with van der Waals surface area (Å²) in [5, 5.41) is 23.2. The van der Waals surface area contributed by atoms with Gasteiger partial charge in [-0.3, -0.25) is 19.5 Å². The molecule has 0 unspecified atom stereocenters. The third-order valence-corrected chi connectivity index (χ3v) is 5.41. The van der Waals surface area contributed by atoms with Crippen molar-refractivity contribution in [3.05, 3.63) is 75.3 Å². The van der Waals surface area contributed by atoms with Crippen molar-refractivity contribution in [1.29, 1.82) is 0 Å². The fraction of sp³-hybridized carbons (Fsp3) is 0.105. The molecule has 0 bridgehead atoms. The van der Waals surface area contributed by atoms with Gasteiger partial charge in [0.25, 0.3) is 5.69 Å². The van der Waals surface area contributed by atoms with Gasteiger partial charge in [0.2, 0.25) is 5.91 Å². The van der Waals surface area contributed by atoms with Crippen molar-refractivity contribution in [2.75, 3.05) is 11.1 Å². The molecule has 3 rings (SSSR count). The van der Waals surface area contributed by atoms with E-state index < -0.39 is 4.92 Å². The monoisotopic (exact) mass is 463 g/mol. The number of halogens is 2. The molecule has 11 heteroatoms. The highest BCUT2D eigenvalue weighted by molar-refractivity contribution is 7.99. The Balaban J connectivity index is 1.74. The summed E-state index contributed by atoms with van der Waals surface area (Å²) in [6.45, 7) is 4.19. The molecule has 0 saturated heterocycles. The molecule has 0 aliphatic carbocycles. The summed E-state index contributed by atoms with van der Waals surface area (Å²) in [4.78, 5) is 22.7. The Bertz CT molecular complexity index is 1120. The number of hydrogen-bond acceptors (Lipinski definition) is 6. The van der Waals surface area contributed by atoms with Crippen LogP contribution < -0.4 is 5.32 Å². The maximum Gasteiger partial charge on any atom is 0.271 e. The molecule has 3 aromatic rings. The van der Waals surface area contributed by atoms with Gasteiger partial charge < -0.3 is 5.32 Å². The Morgan fingerprint density at radius 1 is 1.27 bits per heavy atom.